The number of nitrogens with zero attached hydrogens (tertiary/aromatic N) is 1. The molecule has 1 heteroatoms. The Labute approximate surface area is 64.1 Å². The van der Waals surface area contributed by atoms with Crippen molar-refractivity contribution in [3.05, 3.63) is 12.2 Å². The van der Waals surface area contributed by atoms with Gasteiger partial charge < -0.3 is 0 Å². The smallest absolute Gasteiger partial charge is 0.179 e. The van der Waals surface area contributed by atoms with Gasteiger partial charge in [0.05, 0.1) is 0 Å². The fourth-order valence-corrected chi connectivity index (χ4v) is 0.898. The third-order valence-corrected chi connectivity index (χ3v) is 2.45. The summed E-state index contributed by atoms with van der Waals surface area (Å²) in [5.74, 6) is 0. The van der Waals surface area contributed by atoms with Crippen molar-refractivity contribution in [2.24, 2.45) is 0 Å². The first-order valence-electron chi connectivity index (χ1n) is 3.65. The first-order valence-corrected chi connectivity index (χ1v) is 3.65. The van der Waals surface area contributed by atoms with Gasteiger partial charge in [0.25, 0.3) is 0 Å². The van der Waals surface area contributed by atoms with E-state index in [9.17, 15) is 0 Å². The van der Waals surface area contributed by atoms with Gasteiger partial charge in [-0.3, -0.25) is 0 Å². The molecule has 0 aliphatic rings. The minimum absolute atomic E-state index is 0.0694. The first-order chi connectivity index (χ1) is 4.45. The molecule has 0 aliphatic carbocycles. The van der Waals surface area contributed by atoms with Crippen LogP contribution in [0.3, 0.4) is 0 Å². The third-order valence-electron chi connectivity index (χ3n) is 2.45. The maximum atomic E-state index is 3.94. The van der Waals surface area contributed by atoms with Crippen LogP contribution in [0.15, 0.2) is 12.2 Å². The van der Waals surface area contributed by atoms with Crippen LogP contribution >= 0.6 is 0 Å². The van der Waals surface area contributed by atoms with Crippen molar-refractivity contribution in [2.45, 2.75) is 32.7 Å². The van der Waals surface area contributed by atoms with Crippen LogP contribution in [-0.4, -0.2) is 23.9 Å². The van der Waals surface area contributed by atoms with Gasteiger partial charge in [-0.2, -0.15) is 0 Å². The lowest BCUT2D eigenvalue weighted by molar-refractivity contribution is -0.561. The van der Waals surface area contributed by atoms with Crippen LogP contribution in [0.1, 0.15) is 27.2 Å². The molecule has 0 aliphatic heterocycles. The summed E-state index contributed by atoms with van der Waals surface area (Å²) in [5, 5.41) is 0. The average Bonchev–Trinajstić information content (AvgIpc) is 1.85. The van der Waals surface area contributed by atoms with Gasteiger partial charge in [-0.05, 0) is 12.5 Å². The average molecular weight is 140 g/mol. The highest BCUT2D eigenvalue weighted by atomic mass is 15.0. The minimum atomic E-state index is 0.0694. The Kier molecular flexibility index (Phi) is 2.82. The second kappa shape index (κ2) is 3.00. The Morgan fingerprint density at radius 1 is 1.60 bits per heavy atom. The van der Waals surface area contributed by atoms with Crippen LogP contribution in [0, 0.1) is 0 Å². The highest BCUT2D eigenvalue weighted by Crippen LogP contribution is 2.20. The molecule has 1 nitrogen and oxygen atoms in total. The molecule has 0 saturated heterocycles. The SMILES string of the molecule is C=C(C)C(C)(CC)[N+](=C)C. The molecule has 0 bridgehead atoms. The maximum Gasteiger partial charge on any atom is 0.179 e. The van der Waals surface area contributed by atoms with Crippen LogP contribution in [0.2, 0.25) is 0 Å². The summed E-state index contributed by atoms with van der Waals surface area (Å²) in [6.07, 6.45) is 1.06. The fourth-order valence-electron chi connectivity index (χ4n) is 0.898. The molecule has 10 heavy (non-hydrogen) atoms. The van der Waals surface area contributed by atoms with E-state index < -0.39 is 0 Å². The Hall–Kier alpha value is -0.590. The lowest BCUT2D eigenvalue weighted by Crippen LogP contribution is -2.36. The van der Waals surface area contributed by atoms with Crippen LogP contribution in [0.5, 0.6) is 0 Å². The Morgan fingerprint density at radius 2 is 2.00 bits per heavy atom. The predicted molar refractivity (Wildman–Crippen MR) is 46.8 cm³/mol. The second-order valence-electron chi connectivity index (χ2n) is 3.11. The summed E-state index contributed by atoms with van der Waals surface area (Å²) in [5.41, 5.74) is 1.24. The standard InChI is InChI=1S/C9H18N/c1-7-9(4,8(2)3)10(5)6/h2,5,7H2,1,3-4,6H3/q+1. The largest absolute Gasteiger partial charge is 0.236 e. The summed E-state index contributed by atoms with van der Waals surface area (Å²) in [6, 6.07) is 0. The van der Waals surface area contributed by atoms with Crippen LogP contribution in [0.4, 0.5) is 0 Å². The highest BCUT2D eigenvalue weighted by Gasteiger charge is 2.30. The molecule has 0 N–H and O–H groups in total. The molecule has 0 aromatic rings. The topological polar surface area (TPSA) is 3.01 Å². The van der Waals surface area contributed by atoms with Crippen molar-refractivity contribution in [1.29, 1.82) is 0 Å². The fraction of sp³-hybridized carbons (Fsp3) is 0.667. The van der Waals surface area contributed by atoms with E-state index in [1.165, 1.54) is 5.57 Å². The van der Waals surface area contributed by atoms with Gasteiger partial charge in [-0.15, -0.1) is 0 Å². The van der Waals surface area contributed by atoms with Crippen molar-refractivity contribution >= 4 is 6.72 Å². The van der Waals surface area contributed by atoms with Crippen molar-refractivity contribution < 1.29 is 4.58 Å². The molecule has 58 valence electrons. The molecule has 1 atom stereocenters. The minimum Gasteiger partial charge on any atom is -0.236 e. The summed E-state index contributed by atoms with van der Waals surface area (Å²) in [6.45, 7) is 14.2. The van der Waals surface area contributed by atoms with E-state index in [1.54, 1.807) is 0 Å². The number of hydrogen-bond donors (Lipinski definition) is 0. The van der Waals surface area contributed by atoms with E-state index >= 15 is 0 Å². The molecule has 0 spiro atoms. The van der Waals surface area contributed by atoms with Crippen LogP contribution < -0.4 is 0 Å². The molecule has 1 unspecified atom stereocenters. The van der Waals surface area contributed by atoms with Crippen LogP contribution in [-0.2, 0) is 0 Å². The van der Waals surface area contributed by atoms with Crippen molar-refractivity contribution in [3.63, 3.8) is 0 Å². The van der Waals surface area contributed by atoms with Gasteiger partial charge in [-0.1, -0.05) is 13.5 Å². The van der Waals surface area contributed by atoms with Gasteiger partial charge >= 0.3 is 0 Å². The number of hydrogen-bond acceptors (Lipinski definition) is 0. The molecule has 0 aromatic heterocycles. The van der Waals surface area contributed by atoms with Gasteiger partial charge in [-0.25, -0.2) is 4.58 Å². The van der Waals surface area contributed by atoms with E-state index in [1.807, 2.05) is 18.5 Å². The van der Waals surface area contributed by atoms with Crippen molar-refractivity contribution in [1.82, 2.24) is 0 Å². The van der Waals surface area contributed by atoms with E-state index in [0.717, 1.165) is 6.42 Å². The molecule has 0 fully saturated rings. The molecule has 0 radical (unpaired) electrons. The summed E-state index contributed by atoms with van der Waals surface area (Å²) in [7, 11) is 1.98. The van der Waals surface area contributed by atoms with Crippen molar-refractivity contribution in [2.75, 3.05) is 7.05 Å². The predicted octanol–water partition coefficient (Wildman–Crippen LogP) is 2.07. The Bertz CT molecular complexity index is 142. The van der Waals surface area contributed by atoms with E-state index in [0.29, 0.717) is 0 Å². The van der Waals surface area contributed by atoms with E-state index in [2.05, 4.69) is 27.1 Å². The molecule has 0 amide bonds. The zero-order chi connectivity index (χ0) is 8.36. The maximum absolute atomic E-state index is 3.94. The zero-order valence-electron chi connectivity index (χ0n) is 7.57. The third kappa shape index (κ3) is 1.47. The van der Waals surface area contributed by atoms with Crippen LogP contribution in [0.25, 0.3) is 0 Å². The Morgan fingerprint density at radius 3 is 2.00 bits per heavy atom. The quantitative estimate of drug-likeness (QED) is 0.321. The molecular formula is C9H18N+. The number of likely N-dealkylation sites (N-methyl/N-ethyl adjacent to an activating group) is 1. The van der Waals surface area contributed by atoms with Gasteiger partial charge in [0.1, 0.15) is 13.8 Å². The van der Waals surface area contributed by atoms with E-state index in [4.69, 9.17) is 0 Å². The Balaban J connectivity index is 4.55. The van der Waals surface area contributed by atoms with E-state index in [-0.39, 0.29) is 5.54 Å². The molecular weight excluding hydrogens is 122 g/mol. The zero-order valence-corrected chi connectivity index (χ0v) is 7.57. The molecule has 0 saturated carbocycles. The lowest BCUT2D eigenvalue weighted by Gasteiger charge is -2.23. The monoisotopic (exact) mass is 140 g/mol. The molecule has 0 rings (SSSR count). The highest BCUT2D eigenvalue weighted by molar-refractivity contribution is 5.18. The van der Waals surface area contributed by atoms with Gasteiger partial charge in [0.2, 0.25) is 0 Å². The second-order valence-corrected chi connectivity index (χ2v) is 3.11. The summed E-state index contributed by atoms with van der Waals surface area (Å²) >= 11 is 0. The number of rotatable bonds is 3. The van der Waals surface area contributed by atoms with Gasteiger partial charge in [0.15, 0.2) is 5.54 Å². The lowest BCUT2D eigenvalue weighted by atomic mass is 9.91. The van der Waals surface area contributed by atoms with Gasteiger partial charge in [0, 0.05) is 13.3 Å². The normalized spacial score (nSPS) is 16.0. The summed E-state index contributed by atoms with van der Waals surface area (Å²) < 4.78 is 1.97. The first kappa shape index (κ1) is 9.41. The molecule has 0 heterocycles. The van der Waals surface area contributed by atoms with Crippen molar-refractivity contribution in [3.8, 4) is 0 Å². The molecule has 0 aromatic carbocycles. The summed E-state index contributed by atoms with van der Waals surface area (Å²) in [4.78, 5) is 0.